The van der Waals surface area contributed by atoms with Crippen LogP contribution in [-0.4, -0.2) is 32.2 Å². The Kier molecular flexibility index (Phi) is 4.60. The molecule has 0 saturated carbocycles. The summed E-state index contributed by atoms with van der Waals surface area (Å²) in [6, 6.07) is 5.49. The lowest BCUT2D eigenvalue weighted by atomic mass is 10.2. The average molecular weight is 396 g/mol. The van der Waals surface area contributed by atoms with Gasteiger partial charge >= 0.3 is 6.36 Å². The molecular formula is C17H15F3N4O2S. The molecule has 1 fully saturated rings. The second-order valence-corrected chi connectivity index (χ2v) is 6.85. The van der Waals surface area contributed by atoms with Crippen molar-refractivity contribution in [2.75, 3.05) is 0 Å². The zero-order valence-electron chi connectivity index (χ0n) is 14.2. The topological polar surface area (TPSA) is 62.1 Å². The van der Waals surface area contributed by atoms with Crippen LogP contribution in [0.4, 0.5) is 13.2 Å². The summed E-state index contributed by atoms with van der Waals surface area (Å²) in [5.41, 5.74) is 2.90. The van der Waals surface area contributed by atoms with Crippen molar-refractivity contribution in [1.82, 2.24) is 19.7 Å². The van der Waals surface area contributed by atoms with E-state index in [-0.39, 0.29) is 18.0 Å². The zero-order chi connectivity index (χ0) is 19.0. The van der Waals surface area contributed by atoms with Crippen molar-refractivity contribution >= 4 is 11.3 Å². The van der Waals surface area contributed by atoms with Crippen molar-refractivity contribution in [3.8, 4) is 23.0 Å². The van der Waals surface area contributed by atoms with E-state index in [0.717, 1.165) is 12.8 Å². The number of halogens is 3. The molecule has 0 amide bonds. The summed E-state index contributed by atoms with van der Waals surface area (Å²) >= 11 is 1.43. The summed E-state index contributed by atoms with van der Waals surface area (Å²) in [4.78, 5) is 8.81. The van der Waals surface area contributed by atoms with Gasteiger partial charge in [-0.25, -0.2) is 14.6 Å². The van der Waals surface area contributed by atoms with Crippen LogP contribution in [0.3, 0.4) is 0 Å². The fourth-order valence-corrected chi connectivity index (χ4v) is 3.47. The molecular weight excluding hydrogens is 381 g/mol. The Bertz CT molecular complexity index is 909. The maximum absolute atomic E-state index is 12.4. The quantitative estimate of drug-likeness (QED) is 0.648. The Balaban J connectivity index is 1.70. The summed E-state index contributed by atoms with van der Waals surface area (Å²) in [6.07, 6.45) is -3.14. The highest BCUT2D eigenvalue weighted by molar-refractivity contribution is 7.07. The van der Waals surface area contributed by atoms with Crippen LogP contribution in [-0.2, 0) is 4.74 Å². The highest BCUT2D eigenvalue weighted by Gasteiger charge is 2.32. The summed E-state index contributed by atoms with van der Waals surface area (Å²) in [6.45, 7) is 1.99. The van der Waals surface area contributed by atoms with Gasteiger partial charge in [0.25, 0.3) is 0 Å². The predicted molar refractivity (Wildman–Crippen MR) is 91.7 cm³/mol. The Morgan fingerprint density at radius 2 is 2.00 bits per heavy atom. The first kappa shape index (κ1) is 17.9. The van der Waals surface area contributed by atoms with Crippen LogP contribution in [0.2, 0.25) is 0 Å². The molecule has 1 aliphatic heterocycles. The van der Waals surface area contributed by atoms with Crippen LogP contribution in [0, 0.1) is 0 Å². The predicted octanol–water partition coefficient (Wildman–Crippen LogP) is 4.53. The fourth-order valence-electron chi connectivity index (χ4n) is 2.94. The summed E-state index contributed by atoms with van der Waals surface area (Å²) in [5.74, 6) is 0.759. The molecule has 1 aliphatic rings. The second kappa shape index (κ2) is 6.93. The molecule has 0 aliphatic carbocycles. The van der Waals surface area contributed by atoms with Gasteiger partial charge in [-0.1, -0.05) is 0 Å². The summed E-state index contributed by atoms with van der Waals surface area (Å²) in [5, 5.41) is 6.34. The van der Waals surface area contributed by atoms with E-state index in [9.17, 15) is 13.2 Å². The smallest absolute Gasteiger partial charge is 0.406 e. The monoisotopic (exact) mass is 396 g/mol. The molecule has 2 atom stereocenters. The molecule has 10 heteroatoms. The first-order valence-corrected chi connectivity index (χ1v) is 9.20. The van der Waals surface area contributed by atoms with Gasteiger partial charge in [-0.15, -0.1) is 29.6 Å². The van der Waals surface area contributed by atoms with Crippen molar-refractivity contribution in [2.24, 2.45) is 0 Å². The summed E-state index contributed by atoms with van der Waals surface area (Å²) < 4.78 is 48.5. The molecule has 3 heterocycles. The molecule has 1 aromatic carbocycles. The molecule has 2 aromatic heterocycles. The average Bonchev–Trinajstić information content (AvgIpc) is 3.33. The minimum atomic E-state index is -4.73. The van der Waals surface area contributed by atoms with Crippen LogP contribution in [0.15, 0.2) is 35.2 Å². The molecule has 6 nitrogen and oxygen atoms in total. The Labute approximate surface area is 156 Å². The number of hydrogen-bond donors (Lipinski definition) is 0. The number of nitrogens with zero attached hydrogens (tertiary/aromatic N) is 4. The van der Waals surface area contributed by atoms with Gasteiger partial charge in [-0.05, 0) is 44.0 Å². The van der Waals surface area contributed by atoms with Crippen molar-refractivity contribution in [3.05, 3.63) is 41.0 Å². The van der Waals surface area contributed by atoms with Gasteiger partial charge in [-0.3, -0.25) is 0 Å². The van der Waals surface area contributed by atoms with Gasteiger partial charge in [-0.2, -0.15) is 0 Å². The number of ether oxygens (including phenoxy) is 2. The lowest BCUT2D eigenvalue weighted by Gasteiger charge is -2.13. The normalized spacial score (nSPS) is 20.1. The van der Waals surface area contributed by atoms with E-state index in [0.29, 0.717) is 23.0 Å². The standard InChI is InChI=1S/C17H15F3N4O2S/c1-10-2-7-14(25-10)16-22-15(13-8-27-9-21-13)23-24(16)11-3-5-12(6-4-11)26-17(18,19)20/h3-6,8-10,14H,2,7H2,1H3/t10-,14-/m1/s1. The van der Waals surface area contributed by atoms with Gasteiger partial charge in [0.2, 0.25) is 5.82 Å². The number of rotatable bonds is 4. The highest BCUT2D eigenvalue weighted by Crippen LogP contribution is 2.34. The van der Waals surface area contributed by atoms with E-state index in [2.05, 4.69) is 19.8 Å². The molecule has 142 valence electrons. The molecule has 1 saturated heterocycles. The lowest BCUT2D eigenvalue weighted by molar-refractivity contribution is -0.274. The van der Waals surface area contributed by atoms with E-state index in [4.69, 9.17) is 4.74 Å². The van der Waals surface area contributed by atoms with E-state index in [1.165, 1.54) is 35.6 Å². The molecule has 0 unspecified atom stereocenters. The SMILES string of the molecule is C[C@@H]1CC[C@H](c2nc(-c3cscn3)nn2-c2ccc(OC(F)(F)F)cc2)O1. The molecule has 0 N–H and O–H groups in total. The largest absolute Gasteiger partial charge is 0.573 e. The molecule has 0 bridgehead atoms. The van der Waals surface area contributed by atoms with Crippen molar-refractivity contribution in [2.45, 2.75) is 38.3 Å². The second-order valence-electron chi connectivity index (χ2n) is 6.13. The minimum absolute atomic E-state index is 0.116. The number of hydrogen-bond acceptors (Lipinski definition) is 6. The Morgan fingerprint density at radius 1 is 1.22 bits per heavy atom. The first-order valence-electron chi connectivity index (χ1n) is 8.26. The van der Waals surface area contributed by atoms with Crippen LogP contribution in [0.5, 0.6) is 5.75 Å². The highest BCUT2D eigenvalue weighted by atomic mass is 32.1. The molecule has 27 heavy (non-hydrogen) atoms. The van der Waals surface area contributed by atoms with Gasteiger partial charge in [0, 0.05) is 5.38 Å². The Morgan fingerprint density at radius 3 is 2.59 bits per heavy atom. The van der Waals surface area contributed by atoms with Gasteiger partial charge < -0.3 is 9.47 Å². The van der Waals surface area contributed by atoms with Gasteiger partial charge in [0.15, 0.2) is 5.82 Å². The molecule has 0 spiro atoms. The van der Waals surface area contributed by atoms with E-state index in [1.54, 1.807) is 10.2 Å². The van der Waals surface area contributed by atoms with E-state index < -0.39 is 6.36 Å². The zero-order valence-corrected chi connectivity index (χ0v) is 15.0. The van der Waals surface area contributed by atoms with Gasteiger partial charge in [0.05, 0.1) is 17.3 Å². The van der Waals surface area contributed by atoms with Crippen LogP contribution in [0.1, 0.15) is 31.7 Å². The number of aromatic nitrogens is 4. The van der Waals surface area contributed by atoms with E-state index in [1.807, 2.05) is 12.3 Å². The number of benzene rings is 1. The minimum Gasteiger partial charge on any atom is -0.406 e. The third-order valence-electron chi connectivity index (χ3n) is 4.13. The Hall–Kier alpha value is -2.46. The lowest BCUT2D eigenvalue weighted by Crippen LogP contribution is -2.17. The summed E-state index contributed by atoms with van der Waals surface area (Å²) in [7, 11) is 0. The van der Waals surface area contributed by atoms with Crippen molar-refractivity contribution < 1.29 is 22.6 Å². The van der Waals surface area contributed by atoms with Gasteiger partial charge in [0.1, 0.15) is 17.5 Å². The van der Waals surface area contributed by atoms with Crippen molar-refractivity contribution in [3.63, 3.8) is 0 Å². The van der Waals surface area contributed by atoms with Crippen LogP contribution >= 0.6 is 11.3 Å². The fraction of sp³-hybridized carbons (Fsp3) is 0.353. The first-order chi connectivity index (χ1) is 12.9. The molecule has 3 aromatic rings. The van der Waals surface area contributed by atoms with Crippen molar-refractivity contribution in [1.29, 1.82) is 0 Å². The third kappa shape index (κ3) is 3.96. The van der Waals surface area contributed by atoms with Crippen LogP contribution in [0.25, 0.3) is 17.2 Å². The van der Waals surface area contributed by atoms with E-state index >= 15 is 0 Å². The number of thiazole rings is 1. The molecule has 0 radical (unpaired) electrons. The molecule has 4 rings (SSSR count). The number of alkyl halides is 3. The third-order valence-corrected chi connectivity index (χ3v) is 4.71. The maximum Gasteiger partial charge on any atom is 0.573 e. The maximum atomic E-state index is 12.4. The van der Waals surface area contributed by atoms with Crippen LogP contribution < -0.4 is 4.74 Å².